The van der Waals surface area contributed by atoms with Gasteiger partial charge in [0.2, 0.25) is 5.91 Å². The van der Waals surface area contributed by atoms with E-state index in [2.05, 4.69) is 43.4 Å². The lowest BCUT2D eigenvalue weighted by molar-refractivity contribution is -0.134. The summed E-state index contributed by atoms with van der Waals surface area (Å²) in [5.74, 6) is 0.240. The van der Waals surface area contributed by atoms with Gasteiger partial charge in [-0.1, -0.05) is 29.8 Å². The van der Waals surface area contributed by atoms with Crippen LogP contribution >= 0.6 is 0 Å². The van der Waals surface area contributed by atoms with Crippen LogP contribution in [0.4, 0.5) is 0 Å². The first-order chi connectivity index (χ1) is 9.58. The standard InChI is InChI=1S/C17H26N2O/c1-13-7-9-16(10-8-13)14(2)18-15(3)17(20)19-11-5-4-6-12-19/h7-10,14-15,18H,4-6,11-12H2,1-3H3/t14-,15?/m0/s1. The summed E-state index contributed by atoms with van der Waals surface area (Å²) in [4.78, 5) is 14.4. The molecule has 1 aliphatic heterocycles. The second-order valence-electron chi connectivity index (χ2n) is 5.91. The van der Waals surface area contributed by atoms with E-state index in [0.29, 0.717) is 0 Å². The fraction of sp³-hybridized carbons (Fsp3) is 0.588. The molecule has 1 amide bonds. The van der Waals surface area contributed by atoms with E-state index in [1.807, 2.05) is 11.8 Å². The molecule has 3 heteroatoms. The van der Waals surface area contributed by atoms with Gasteiger partial charge >= 0.3 is 0 Å². The number of likely N-dealkylation sites (tertiary alicyclic amines) is 1. The maximum absolute atomic E-state index is 12.4. The Hall–Kier alpha value is -1.35. The molecule has 0 saturated carbocycles. The number of aryl methyl sites for hydroxylation is 1. The molecule has 2 rings (SSSR count). The molecule has 1 aromatic rings. The van der Waals surface area contributed by atoms with Crippen molar-refractivity contribution in [1.82, 2.24) is 10.2 Å². The predicted octanol–water partition coefficient (Wildman–Crippen LogP) is 3.05. The SMILES string of the molecule is Cc1ccc([C@H](C)NC(C)C(=O)N2CCCCC2)cc1. The summed E-state index contributed by atoms with van der Waals surface area (Å²) in [6.07, 6.45) is 3.54. The molecular weight excluding hydrogens is 248 g/mol. The molecule has 0 aromatic heterocycles. The third kappa shape index (κ3) is 3.83. The summed E-state index contributed by atoms with van der Waals surface area (Å²) >= 11 is 0. The summed E-state index contributed by atoms with van der Waals surface area (Å²) in [5.41, 5.74) is 2.49. The average molecular weight is 274 g/mol. The van der Waals surface area contributed by atoms with Crippen LogP contribution in [0.2, 0.25) is 0 Å². The van der Waals surface area contributed by atoms with Crippen molar-refractivity contribution in [3.05, 3.63) is 35.4 Å². The summed E-state index contributed by atoms with van der Waals surface area (Å²) in [7, 11) is 0. The summed E-state index contributed by atoms with van der Waals surface area (Å²) < 4.78 is 0. The Morgan fingerprint density at radius 1 is 1.10 bits per heavy atom. The highest BCUT2D eigenvalue weighted by molar-refractivity contribution is 5.81. The Bertz CT molecular complexity index is 435. The molecular formula is C17H26N2O. The zero-order valence-electron chi connectivity index (χ0n) is 12.9. The summed E-state index contributed by atoms with van der Waals surface area (Å²) in [6.45, 7) is 8.02. The van der Waals surface area contributed by atoms with Gasteiger partial charge in [-0.3, -0.25) is 10.1 Å². The lowest BCUT2D eigenvalue weighted by Gasteiger charge is -2.30. The van der Waals surface area contributed by atoms with E-state index < -0.39 is 0 Å². The van der Waals surface area contributed by atoms with E-state index in [1.54, 1.807) is 0 Å². The highest BCUT2D eigenvalue weighted by atomic mass is 16.2. The van der Waals surface area contributed by atoms with E-state index in [-0.39, 0.29) is 18.0 Å². The molecule has 0 spiro atoms. The Labute approximate surface area is 122 Å². The van der Waals surface area contributed by atoms with Crippen LogP contribution in [0.15, 0.2) is 24.3 Å². The second kappa shape index (κ2) is 6.89. The number of carbonyl (C=O) groups excluding carboxylic acids is 1. The van der Waals surface area contributed by atoms with Gasteiger partial charge < -0.3 is 4.90 Å². The average Bonchev–Trinajstić information content (AvgIpc) is 2.48. The molecule has 1 N–H and O–H groups in total. The third-order valence-corrected chi connectivity index (χ3v) is 4.12. The third-order valence-electron chi connectivity index (χ3n) is 4.12. The monoisotopic (exact) mass is 274 g/mol. The highest BCUT2D eigenvalue weighted by Gasteiger charge is 2.23. The molecule has 0 bridgehead atoms. The number of hydrogen-bond acceptors (Lipinski definition) is 2. The number of carbonyl (C=O) groups is 1. The number of hydrogen-bond donors (Lipinski definition) is 1. The van der Waals surface area contributed by atoms with Gasteiger partial charge in [-0.05, 0) is 45.6 Å². The van der Waals surface area contributed by atoms with Gasteiger partial charge in [0.15, 0.2) is 0 Å². The molecule has 1 aliphatic rings. The van der Waals surface area contributed by atoms with Crippen LogP contribution in [-0.4, -0.2) is 29.9 Å². The zero-order valence-corrected chi connectivity index (χ0v) is 12.9. The van der Waals surface area contributed by atoms with Gasteiger partial charge in [-0.15, -0.1) is 0 Å². The van der Waals surface area contributed by atoms with Gasteiger partial charge in [-0.2, -0.15) is 0 Å². The van der Waals surface area contributed by atoms with Crippen molar-refractivity contribution in [3.63, 3.8) is 0 Å². The fourth-order valence-electron chi connectivity index (χ4n) is 2.79. The smallest absolute Gasteiger partial charge is 0.239 e. The maximum Gasteiger partial charge on any atom is 0.239 e. The Kier molecular flexibility index (Phi) is 5.18. The van der Waals surface area contributed by atoms with Crippen molar-refractivity contribution in [1.29, 1.82) is 0 Å². The Balaban J connectivity index is 1.91. The zero-order chi connectivity index (χ0) is 14.5. The minimum Gasteiger partial charge on any atom is -0.341 e. The van der Waals surface area contributed by atoms with E-state index in [9.17, 15) is 4.79 Å². The van der Waals surface area contributed by atoms with Gasteiger partial charge in [0.05, 0.1) is 6.04 Å². The number of piperidine rings is 1. The van der Waals surface area contributed by atoms with E-state index in [0.717, 1.165) is 25.9 Å². The molecule has 1 aromatic carbocycles. The van der Waals surface area contributed by atoms with Gasteiger partial charge in [0, 0.05) is 19.1 Å². The predicted molar refractivity (Wildman–Crippen MR) is 82.6 cm³/mol. The number of rotatable bonds is 4. The van der Waals surface area contributed by atoms with Crippen LogP contribution in [0.25, 0.3) is 0 Å². The first-order valence-electron chi connectivity index (χ1n) is 7.69. The molecule has 20 heavy (non-hydrogen) atoms. The summed E-state index contributed by atoms with van der Waals surface area (Å²) in [5, 5.41) is 3.42. The lowest BCUT2D eigenvalue weighted by Crippen LogP contribution is -2.47. The van der Waals surface area contributed by atoms with Crippen molar-refractivity contribution < 1.29 is 4.79 Å². The Morgan fingerprint density at radius 2 is 1.70 bits per heavy atom. The number of benzene rings is 1. The number of nitrogens with zero attached hydrogens (tertiary/aromatic N) is 1. The van der Waals surface area contributed by atoms with Gasteiger partial charge in [0.25, 0.3) is 0 Å². The molecule has 1 heterocycles. The molecule has 0 radical (unpaired) electrons. The van der Waals surface area contributed by atoms with E-state index in [4.69, 9.17) is 0 Å². The van der Waals surface area contributed by atoms with Crippen molar-refractivity contribution in [2.75, 3.05) is 13.1 Å². The van der Waals surface area contributed by atoms with Crippen molar-refractivity contribution in [3.8, 4) is 0 Å². The lowest BCUT2D eigenvalue weighted by atomic mass is 10.1. The van der Waals surface area contributed by atoms with Gasteiger partial charge in [-0.25, -0.2) is 0 Å². The van der Waals surface area contributed by atoms with E-state index >= 15 is 0 Å². The molecule has 1 unspecified atom stereocenters. The molecule has 3 nitrogen and oxygen atoms in total. The molecule has 2 atom stereocenters. The highest BCUT2D eigenvalue weighted by Crippen LogP contribution is 2.15. The number of amides is 1. The normalized spacial score (nSPS) is 18.6. The topological polar surface area (TPSA) is 32.3 Å². The van der Waals surface area contributed by atoms with Crippen LogP contribution in [0.3, 0.4) is 0 Å². The van der Waals surface area contributed by atoms with Crippen molar-refractivity contribution in [2.45, 2.75) is 52.1 Å². The van der Waals surface area contributed by atoms with Crippen molar-refractivity contribution in [2.24, 2.45) is 0 Å². The quantitative estimate of drug-likeness (QED) is 0.915. The van der Waals surface area contributed by atoms with Crippen LogP contribution in [0, 0.1) is 6.92 Å². The molecule has 0 aliphatic carbocycles. The molecule has 1 fully saturated rings. The van der Waals surface area contributed by atoms with Crippen LogP contribution in [-0.2, 0) is 4.79 Å². The molecule has 1 saturated heterocycles. The second-order valence-corrected chi connectivity index (χ2v) is 5.91. The maximum atomic E-state index is 12.4. The summed E-state index contributed by atoms with van der Waals surface area (Å²) in [6, 6.07) is 8.56. The minimum atomic E-state index is -0.121. The first-order valence-corrected chi connectivity index (χ1v) is 7.69. The van der Waals surface area contributed by atoms with E-state index in [1.165, 1.54) is 17.5 Å². The van der Waals surface area contributed by atoms with Gasteiger partial charge in [0.1, 0.15) is 0 Å². The first kappa shape index (κ1) is 15.0. The van der Waals surface area contributed by atoms with Crippen LogP contribution in [0.1, 0.15) is 50.3 Å². The number of nitrogens with one attached hydrogen (secondary N) is 1. The largest absolute Gasteiger partial charge is 0.341 e. The fourth-order valence-corrected chi connectivity index (χ4v) is 2.79. The Morgan fingerprint density at radius 3 is 2.30 bits per heavy atom. The minimum absolute atomic E-state index is 0.121. The van der Waals surface area contributed by atoms with Crippen molar-refractivity contribution >= 4 is 5.91 Å². The van der Waals surface area contributed by atoms with Crippen LogP contribution in [0.5, 0.6) is 0 Å². The molecule has 110 valence electrons. The van der Waals surface area contributed by atoms with Crippen LogP contribution < -0.4 is 5.32 Å².